The number of nitrogens with two attached hydrogens (primary N) is 1. The van der Waals surface area contributed by atoms with Crippen molar-refractivity contribution in [1.82, 2.24) is 4.90 Å². The molecule has 0 saturated heterocycles. The third-order valence-electron chi connectivity index (χ3n) is 3.31. The van der Waals surface area contributed by atoms with E-state index in [0.717, 1.165) is 30.0 Å². The van der Waals surface area contributed by atoms with Crippen LogP contribution in [-0.4, -0.2) is 24.0 Å². The molecule has 0 unspecified atom stereocenters. The Bertz CT molecular complexity index is 628. The normalized spacial score (nSPS) is 10.6. The molecule has 2 rings (SSSR count). The van der Waals surface area contributed by atoms with Crippen LogP contribution in [-0.2, 0) is 13.1 Å². The minimum Gasteiger partial charge on any atom is -0.497 e. The quantitative estimate of drug-likeness (QED) is 0.833. The number of hydrogen-bond donors (Lipinski definition) is 1. The van der Waals surface area contributed by atoms with E-state index in [9.17, 15) is 0 Å². The van der Waals surface area contributed by atoms with Crippen molar-refractivity contribution in [1.29, 1.82) is 0 Å². The van der Waals surface area contributed by atoms with Crippen molar-refractivity contribution in [2.75, 3.05) is 14.2 Å². The van der Waals surface area contributed by atoms with Gasteiger partial charge in [0, 0.05) is 18.7 Å². The maximum atomic E-state index is 5.78. The van der Waals surface area contributed by atoms with E-state index in [-0.39, 0.29) is 0 Å². The molecule has 0 saturated carbocycles. The van der Waals surface area contributed by atoms with Gasteiger partial charge >= 0.3 is 0 Å². The molecule has 3 nitrogen and oxygen atoms in total. The molecule has 0 aliphatic rings. The van der Waals surface area contributed by atoms with Crippen LogP contribution in [0.25, 0.3) is 0 Å². The zero-order valence-corrected chi connectivity index (χ0v) is 13.2. The minimum atomic E-state index is 0.445. The van der Waals surface area contributed by atoms with Crippen molar-refractivity contribution in [3.8, 4) is 5.75 Å². The predicted molar refractivity (Wildman–Crippen MR) is 90.5 cm³/mol. The largest absolute Gasteiger partial charge is 0.497 e. The highest BCUT2D eigenvalue weighted by Crippen LogP contribution is 2.16. The van der Waals surface area contributed by atoms with Gasteiger partial charge in [-0.3, -0.25) is 4.90 Å². The van der Waals surface area contributed by atoms with E-state index in [1.807, 2.05) is 30.3 Å². The first-order chi connectivity index (χ1) is 10.1. The van der Waals surface area contributed by atoms with Crippen LogP contribution in [0.15, 0.2) is 48.5 Å². The molecule has 0 aliphatic carbocycles. The van der Waals surface area contributed by atoms with Crippen LogP contribution >= 0.6 is 12.2 Å². The zero-order chi connectivity index (χ0) is 15.2. The van der Waals surface area contributed by atoms with Gasteiger partial charge in [0.05, 0.1) is 7.11 Å². The first kappa shape index (κ1) is 15.5. The maximum absolute atomic E-state index is 5.78. The molecule has 0 fully saturated rings. The Morgan fingerprint density at radius 1 is 1.14 bits per heavy atom. The van der Waals surface area contributed by atoms with Crippen molar-refractivity contribution >= 4 is 17.2 Å². The van der Waals surface area contributed by atoms with Gasteiger partial charge in [0.2, 0.25) is 0 Å². The van der Waals surface area contributed by atoms with Crippen molar-refractivity contribution < 1.29 is 4.74 Å². The summed E-state index contributed by atoms with van der Waals surface area (Å²) in [7, 11) is 3.76. The standard InChI is InChI=1S/C17H20N2OS/c1-19(11-13-6-5-8-15(10-13)20-2)12-14-7-3-4-9-16(14)17(18)21/h3-10H,11-12H2,1-2H3,(H2,18,21). The number of thiocarbonyl (C=S) groups is 1. The Kier molecular flexibility index (Phi) is 5.31. The molecule has 0 amide bonds. The van der Waals surface area contributed by atoms with Crippen molar-refractivity contribution in [2.45, 2.75) is 13.1 Å². The fourth-order valence-corrected chi connectivity index (χ4v) is 2.53. The summed E-state index contributed by atoms with van der Waals surface area (Å²) in [6.45, 7) is 1.63. The number of hydrogen-bond acceptors (Lipinski definition) is 3. The van der Waals surface area contributed by atoms with Crippen LogP contribution < -0.4 is 10.5 Å². The Morgan fingerprint density at radius 3 is 2.62 bits per heavy atom. The lowest BCUT2D eigenvalue weighted by atomic mass is 10.1. The SMILES string of the molecule is COc1cccc(CN(C)Cc2ccccc2C(N)=S)c1. The first-order valence-corrected chi connectivity index (χ1v) is 7.20. The van der Waals surface area contributed by atoms with Crippen LogP contribution in [0.2, 0.25) is 0 Å². The Hall–Kier alpha value is -1.91. The van der Waals surface area contributed by atoms with E-state index in [2.05, 4.69) is 30.1 Å². The summed E-state index contributed by atoms with van der Waals surface area (Å²) in [5.74, 6) is 0.879. The topological polar surface area (TPSA) is 38.5 Å². The number of methoxy groups -OCH3 is 1. The molecular weight excluding hydrogens is 280 g/mol. The second kappa shape index (κ2) is 7.20. The highest BCUT2D eigenvalue weighted by atomic mass is 32.1. The van der Waals surface area contributed by atoms with Gasteiger partial charge in [-0.15, -0.1) is 0 Å². The molecule has 0 heterocycles. The summed E-state index contributed by atoms with van der Waals surface area (Å²) >= 11 is 5.11. The summed E-state index contributed by atoms with van der Waals surface area (Å²) in [4.78, 5) is 2.67. The molecule has 0 radical (unpaired) electrons. The lowest BCUT2D eigenvalue weighted by Gasteiger charge is -2.19. The first-order valence-electron chi connectivity index (χ1n) is 6.79. The summed E-state index contributed by atoms with van der Waals surface area (Å²) in [5, 5.41) is 0. The smallest absolute Gasteiger partial charge is 0.119 e. The molecular formula is C17H20N2OS. The van der Waals surface area contributed by atoms with Gasteiger partial charge in [0.15, 0.2) is 0 Å². The molecule has 4 heteroatoms. The van der Waals surface area contributed by atoms with Crippen LogP contribution in [0.5, 0.6) is 5.75 Å². The van der Waals surface area contributed by atoms with Crippen LogP contribution in [0.4, 0.5) is 0 Å². The number of ether oxygens (including phenoxy) is 1. The summed E-state index contributed by atoms with van der Waals surface area (Å²) in [6.07, 6.45) is 0. The molecule has 0 aliphatic heterocycles. The predicted octanol–water partition coefficient (Wildman–Crippen LogP) is 2.96. The Morgan fingerprint density at radius 2 is 1.90 bits per heavy atom. The third-order valence-corrected chi connectivity index (χ3v) is 3.53. The minimum absolute atomic E-state index is 0.445. The lowest BCUT2D eigenvalue weighted by Crippen LogP contribution is -2.20. The van der Waals surface area contributed by atoms with E-state index >= 15 is 0 Å². The van der Waals surface area contributed by atoms with E-state index in [1.54, 1.807) is 7.11 Å². The fourth-order valence-electron chi connectivity index (χ4n) is 2.33. The Balaban J connectivity index is 2.08. The summed E-state index contributed by atoms with van der Waals surface area (Å²) in [6, 6.07) is 16.1. The lowest BCUT2D eigenvalue weighted by molar-refractivity contribution is 0.318. The van der Waals surface area contributed by atoms with E-state index < -0.39 is 0 Å². The molecule has 2 aromatic carbocycles. The van der Waals surface area contributed by atoms with Crippen molar-refractivity contribution in [3.05, 3.63) is 65.2 Å². The molecule has 2 N–H and O–H groups in total. The molecule has 0 aromatic heterocycles. The molecule has 0 bridgehead atoms. The summed E-state index contributed by atoms with van der Waals surface area (Å²) < 4.78 is 5.25. The second-order valence-electron chi connectivity index (χ2n) is 5.05. The fraction of sp³-hybridized carbons (Fsp3) is 0.235. The molecule has 0 atom stereocenters. The maximum Gasteiger partial charge on any atom is 0.119 e. The highest BCUT2D eigenvalue weighted by Gasteiger charge is 2.08. The van der Waals surface area contributed by atoms with Crippen LogP contribution in [0.1, 0.15) is 16.7 Å². The number of benzene rings is 2. The van der Waals surface area contributed by atoms with Gasteiger partial charge in [-0.1, -0.05) is 48.6 Å². The Labute approximate surface area is 131 Å². The molecule has 110 valence electrons. The molecule has 21 heavy (non-hydrogen) atoms. The van der Waals surface area contributed by atoms with Crippen LogP contribution in [0.3, 0.4) is 0 Å². The molecule has 2 aromatic rings. The van der Waals surface area contributed by atoms with Gasteiger partial charge in [-0.05, 0) is 30.3 Å². The van der Waals surface area contributed by atoms with Gasteiger partial charge in [0.25, 0.3) is 0 Å². The number of nitrogens with zero attached hydrogens (tertiary/aromatic N) is 1. The zero-order valence-electron chi connectivity index (χ0n) is 12.4. The average molecular weight is 300 g/mol. The third kappa shape index (κ3) is 4.28. The average Bonchev–Trinajstić information content (AvgIpc) is 2.47. The van der Waals surface area contributed by atoms with Gasteiger partial charge in [-0.25, -0.2) is 0 Å². The number of rotatable bonds is 6. The van der Waals surface area contributed by atoms with Crippen molar-refractivity contribution in [2.24, 2.45) is 5.73 Å². The van der Waals surface area contributed by atoms with E-state index in [0.29, 0.717) is 4.99 Å². The molecule has 0 spiro atoms. The highest BCUT2D eigenvalue weighted by molar-refractivity contribution is 7.80. The van der Waals surface area contributed by atoms with Crippen LogP contribution in [0, 0.1) is 0 Å². The van der Waals surface area contributed by atoms with E-state index in [4.69, 9.17) is 22.7 Å². The van der Waals surface area contributed by atoms with Gasteiger partial charge < -0.3 is 10.5 Å². The summed E-state index contributed by atoms with van der Waals surface area (Å²) in [5.41, 5.74) is 9.09. The van der Waals surface area contributed by atoms with Gasteiger partial charge in [0.1, 0.15) is 10.7 Å². The van der Waals surface area contributed by atoms with E-state index in [1.165, 1.54) is 5.56 Å². The van der Waals surface area contributed by atoms with Gasteiger partial charge in [-0.2, -0.15) is 0 Å². The second-order valence-corrected chi connectivity index (χ2v) is 5.49. The van der Waals surface area contributed by atoms with Crippen molar-refractivity contribution in [3.63, 3.8) is 0 Å². The monoisotopic (exact) mass is 300 g/mol.